The number of hydrogen-bond donors (Lipinski definition) is 2. The minimum absolute atomic E-state index is 0.523. The number of fused-ring (bicyclic) bond motifs is 5. The fourth-order valence-corrected chi connectivity index (χ4v) is 3.94. The molecule has 3 saturated carbocycles. The number of nitrogens with two attached hydrogens (primary N) is 1. The van der Waals surface area contributed by atoms with E-state index >= 15 is 0 Å². The SMILES string of the molecule is CC(CN)NC1C2C3CCC(C3)C12. The third kappa shape index (κ3) is 1.08. The average molecular weight is 180 g/mol. The van der Waals surface area contributed by atoms with Crippen molar-refractivity contribution in [2.24, 2.45) is 29.4 Å². The second kappa shape index (κ2) is 2.71. The number of rotatable bonds is 3. The molecule has 0 aromatic carbocycles. The Morgan fingerprint density at radius 1 is 1.31 bits per heavy atom. The molecule has 0 spiro atoms. The third-order valence-corrected chi connectivity index (χ3v) is 4.57. The fraction of sp³-hybridized carbons (Fsp3) is 1.00. The molecule has 0 aromatic rings. The van der Waals surface area contributed by atoms with Gasteiger partial charge in [0.1, 0.15) is 0 Å². The van der Waals surface area contributed by atoms with Crippen LogP contribution in [0.25, 0.3) is 0 Å². The Morgan fingerprint density at radius 3 is 2.46 bits per heavy atom. The summed E-state index contributed by atoms with van der Waals surface area (Å²) >= 11 is 0. The first-order chi connectivity index (χ1) is 6.31. The summed E-state index contributed by atoms with van der Waals surface area (Å²) in [6, 6.07) is 1.37. The highest BCUT2D eigenvalue weighted by Gasteiger charge is 2.64. The van der Waals surface area contributed by atoms with Gasteiger partial charge in [0.05, 0.1) is 0 Å². The van der Waals surface area contributed by atoms with Crippen LogP contribution in [0.1, 0.15) is 26.2 Å². The highest BCUT2D eigenvalue weighted by atomic mass is 15.0. The Hall–Kier alpha value is -0.0800. The summed E-state index contributed by atoms with van der Waals surface area (Å²) in [6.07, 6.45) is 4.58. The van der Waals surface area contributed by atoms with E-state index < -0.39 is 0 Å². The molecule has 2 heteroatoms. The molecule has 3 rings (SSSR count). The van der Waals surface area contributed by atoms with Gasteiger partial charge in [-0.05, 0) is 49.9 Å². The number of nitrogens with one attached hydrogen (secondary N) is 1. The molecule has 3 aliphatic carbocycles. The van der Waals surface area contributed by atoms with Crippen LogP contribution in [0.5, 0.6) is 0 Å². The molecule has 5 unspecified atom stereocenters. The summed E-state index contributed by atoms with van der Waals surface area (Å²) in [6.45, 7) is 2.99. The molecule has 3 aliphatic rings. The molecule has 0 amide bonds. The zero-order valence-corrected chi connectivity index (χ0v) is 8.37. The molecule has 0 radical (unpaired) electrons. The Morgan fingerprint density at radius 2 is 1.92 bits per heavy atom. The lowest BCUT2D eigenvalue weighted by atomic mass is 10.0. The molecule has 2 nitrogen and oxygen atoms in total. The first kappa shape index (κ1) is 8.25. The molecule has 0 saturated heterocycles. The molecule has 5 atom stereocenters. The maximum atomic E-state index is 5.62. The van der Waals surface area contributed by atoms with Gasteiger partial charge in [-0.15, -0.1) is 0 Å². The van der Waals surface area contributed by atoms with E-state index in [4.69, 9.17) is 5.73 Å². The van der Waals surface area contributed by atoms with Crippen LogP contribution in [0.2, 0.25) is 0 Å². The zero-order chi connectivity index (χ0) is 9.00. The monoisotopic (exact) mass is 180 g/mol. The molecular formula is C11H20N2. The van der Waals surface area contributed by atoms with Gasteiger partial charge in [-0.3, -0.25) is 0 Å². The Balaban J connectivity index is 1.61. The highest BCUT2D eigenvalue weighted by Crippen LogP contribution is 2.65. The largest absolute Gasteiger partial charge is 0.329 e. The van der Waals surface area contributed by atoms with Crippen molar-refractivity contribution < 1.29 is 0 Å². The normalized spacial score (nSPS) is 53.5. The Kier molecular flexibility index (Phi) is 1.72. The van der Waals surface area contributed by atoms with E-state index in [1.807, 2.05) is 0 Å². The minimum Gasteiger partial charge on any atom is -0.329 e. The van der Waals surface area contributed by atoms with Gasteiger partial charge < -0.3 is 11.1 Å². The van der Waals surface area contributed by atoms with E-state index in [0.29, 0.717) is 6.04 Å². The van der Waals surface area contributed by atoms with Crippen LogP contribution in [0.15, 0.2) is 0 Å². The second-order valence-corrected chi connectivity index (χ2v) is 5.32. The number of hydrogen-bond acceptors (Lipinski definition) is 2. The van der Waals surface area contributed by atoms with Gasteiger partial charge in [-0.1, -0.05) is 0 Å². The van der Waals surface area contributed by atoms with Crippen molar-refractivity contribution in [1.82, 2.24) is 5.32 Å². The van der Waals surface area contributed by atoms with Crippen molar-refractivity contribution in [3.8, 4) is 0 Å². The lowest BCUT2D eigenvalue weighted by Crippen LogP contribution is -2.37. The van der Waals surface area contributed by atoms with Crippen LogP contribution in [0.4, 0.5) is 0 Å². The van der Waals surface area contributed by atoms with E-state index in [2.05, 4.69) is 12.2 Å². The molecular weight excluding hydrogens is 160 g/mol. The molecule has 0 aliphatic heterocycles. The van der Waals surface area contributed by atoms with E-state index in [-0.39, 0.29) is 0 Å². The van der Waals surface area contributed by atoms with Gasteiger partial charge in [-0.2, -0.15) is 0 Å². The Bertz CT molecular complexity index is 200. The van der Waals surface area contributed by atoms with Crippen molar-refractivity contribution >= 4 is 0 Å². The predicted molar refractivity (Wildman–Crippen MR) is 53.3 cm³/mol. The Labute approximate surface area is 80.3 Å². The lowest BCUT2D eigenvalue weighted by Gasteiger charge is -2.14. The first-order valence-electron chi connectivity index (χ1n) is 5.77. The average Bonchev–Trinajstić information content (AvgIpc) is 2.60. The molecule has 3 fully saturated rings. The first-order valence-corrected chi connectivity index (χ1v) is 5.77. The van der Waals surface area contributed by atoms with Crippen molar-refractivity contribution in [3.63, 3.8) is 0 Å². The lowest BCUT2D eigenvalue weighted by molar-refractivity contribution is 0.430. The maximum absolute atomic E-state index is 5.62. The van der Waals surface area contributed by atoms with Gasteiger partial charge in [0, 0.05) is 18.6 Å². The van der Waals surface area contributed by atoms with Gasteiger partial charge >= 0.3 is 0 Å². The summed E-state index contributed by atoms with van der Waals surface area (Å²) in [7, 11) is 0. The van der Waals surface area contributed by atoms with Gasteiger partial charge in [0.15, 0.2) is 0 Å². The molecule has 0 aromatic heterocycles. The molecule has 74 valence electrons. The quantitative estimate of drug-likeness (QED) is 0.679. The molecule has 13 heavy (non-hydrogen) atoms. The van der Waals surface area contributed by atoms with E-state index in [1.165, 1.54) is 12.8 Å². The van der Waals surface area contributed by atoms with Gasteiger partial charge in [0.2, 0.25) is 0 Å². The van der Waals surface area contributed by atoms with Gasteiger partial charge in [-0.25, -0.2) is 0 Å². The van der Waals surface area contributed by atoms with Crippen molar-refractivity contribution in [3.05, 3.63) is 0 Å². The van der Waals surface area contributed by atoms with E-state index in [9.17, 15) is 0 Å². The van der Waals surface area contributed by atoms with Crippen LogP contribution < -0.4 is 11.1 Å². The molecule has 2 bridgehead atoms. The van der Waals surface area contributed by atoms with Gasteiger partial charge in [0.25, 0.3) is 0 Å². The van der Waals surface area contributed by atoms with Crippen molar-refractivity contribution in [2.75, 3.05) is 6.54 Å². The second-order valence-electron chi connectivity index (χ2n) is 5.32. The minimum atomic E-state index is 0.523. The topological polar surface area (TPSA) is 38.0 Å². The van der Waals surface area contributed by atoms with E-state index in [1.54, 1.807) is 6.42 Å². The molecule has 0 heterocycles. The third-order valence-electron chi connectivity index (χ3n) is 4.57. The summed E-state index contributed by atoms with van der Waals surface area (Å²) in [5.74, 6) is 4.26. The van der Waals surface area contributed by atoms with Crippen molar-refractivity contribution in [1.29, 1.82) is 0 Å². The molecule has 3 N–H and O–H groups in total. The predicted octanol–water partition coefficient (Wildman–Crippen LogP) is 0.968. The summed E-state index contributed by atoms with van der Waals surface area (Å²) in [5.41, 5.74) is 5.62. The van der Waals surface area contributed by atoms with Crippen molar-refractivity contribution in [2.45, 2.75) is 38.3 Å². The zero-order valence-electron chi connectivity index (χ0n) is 8.37. The standard InChI is InChI=1S/C11H20N2/c1-6(5-12)13-11-9-7-2-3-8(4-7)10(9)11/h6-11,13H,2-5,12H2,1H3. The van der Waals surface area contributed by atoms with E-state index in [0.717, 1.165) is 36.3 Å². The fourth-order valence-electron chi connectivity index (χ4n) is 3.94. The summed E-state index contributed by atoms with van der Waals surface area (Å²) in [5, 5.41) is 3.68. The van der Waals surface area contributed by atoms with Crippen LogP contribution in [0.3, 0.4) is 0 Å². The smallest absolute Gasteiger partial charge is 0.0164 e. The van der Waals surface area contributed by atoms with Crippen LogP contribution in [-0.4, -0.2) is 18.6 Å². The van der Waals surface area contributed by atoms with Crippen LogP contribution in [0, 0.1) is 23.7 Å². The maximum Gasteiger partial charge on any atom is 0.0164 e. The summed E-state index contributed by atoms with van der Waals surface area (Å²) < 4.78 is 0. The summed E-state index contributed by atoms with van der Waals surface area (Å²) in [4.78, 5) is 0. The van der Waals surface area contributed by atoms with Crippen LogP contribution in [-0.2, 0) is 0 Å². The highest BCUT2D eigenvalue weighted by molar-refractivity contribution is 5.17. The van der Waals surface area contributed by atoms with Crippen LogP contribution >= 0.6 is 0 Å².